The highest BCUT2D eigenvalue weighted by Crippen LogP contribution is 2.43. The smallest absolute Gasteiger partial charge is 0.160 e. The molecule has 0 radical (unpaired) electrons. The first kappa shape index (κ1) is 20.8. The Kier molecular flexibility index (Phi) is 5.10. The van der Waals surface area contributed by atoms with Gasteiger partial charge < -0.3 is 4.42 Å². The third-order valence-electron chi connectivity index (χ3n) is 6.82. The number of likely N-dealkylation sites (N-methyl/N-ethyl adjacent to an activating group) is 1. The van der Waals surface area contributed by atoms with E-state index in [1.807, 2.05) is 6.07 Å². The number of fused-ring (bicyclic) bond motifs is 3. The van der Waals surface area contributed by atoms with Gasteiger partial charge in [0.2, 0.25) is 0 Å². The Balaban J connectivity index is 1.64. The van der Waals surface area contributed by atoms with Crippen LogP contribution in [0.25, 0.3) is 21.9 Å². The molecular weight excluding hydrogens is 392 g/mol. The van der Waals surface area contributed by atoms with Crippen LogP contribution in [0.4, 0.5) is 5.69 Å². The fraction of sp³-hybridized carbons (Fsp3) is 0.310. The summed E-state index contributed by atoms with van der Waals surface area (Å²) in [4.78, 5) is 0. The minimum Gasteiger partial charge on any atom is -0.454 e. The summed E-state index contributed by atoms with van der Waals surface area (Å²) in [6.07, 6.45) is 4.54. The second-order valence-electron chi connectivity index (χ2n) is 9.57. The maximum absolute atomic E-state index is 6.39. The summed E-state index contributed by atoms with van der Waals surface area (Å²) in [7, 11) is 2.19. The van der Waals surface area contributed by atoms with E-state index in [2.05, 4.69) is 112 Å². The molecule has 0 saturated heterocycles. The molecule has 32 heavy (non-hydrogen) atoms. The van der Waals surface area contributed by atoms with Crippen molar-refractivity contribution in [2.24, 2.45) is 0 Å². The van der Waals surface area contributed by atoms with E-state index in [9.17, 15) is 0 Å². The molecule has 5 rings (SSSR count). The standard InChI is InChI=1S/C29H32N2O/c1-18(2)21-11-9-12-22(19(3)4)27(21)25-16-17-31(30(25)6)28-20(5)14-15-24-23-10-7-8-13-26(23)32-29(24)28/h7-19,25H,1-6H3. The van der Waals surface area contributed by atoms with E-state index < -0.39 is 0 Å². The van der Waals surface area contributed by atoms with Crippen LogP contribution in [0.5, 0.6) is 0 Å². The lowest BCUT2D eigenvalue weighted by Crippen LogP contribution is -2.35. The number of aryl methyl sites for hydroxylation is 1. The quantitative estimate of drug-likeness (QED) is 0.330. The summed E-state index contributed by atoms with van der Waals surface area (Å²) < 4.78 is 6.39. The van der Waals surface area contributed by atoms with Gasteiger partial charge in [0.05, 0.1) is 6.04 Å². The lowest BCUT2D eigenvalue weighted by atomic mass is 9.85. The molecule has 3 heteroatoms. The number of furan rings is 1. The Morgan fingerprint density at radius 3 is 2.19 bits per heavy atom. The number of nitrogens with zero attached hydrogens (tertiary/aromatic N) is 2. The van der Waals surface area contributed by atoms with Crippen LogP contribution in [0.2, 0.25) is 0 Å². The highest BCUT2D eigenvalue weighted by Gasteiger charge is 2.32. The van der Waals surface area contributed by atoms with E-state index in [4.69, 9.17) is 4.42 Å². The molecule has 0 amide bonds. The number of anilines is 1. The van der Waals surface area contributed by atoms with Gasteiger partial charge in [-0.25, -0.2) is 5.01 Å². The average Bonchev–Trinajstić information content (AvgIpc) is 3.33. The number of hydrazine groups is 1. The normalized spacial score (nSPS) is 17.0. The number of hydrogen-bond acceptors (Lipinski definition) is 3. The molecule has 164 valence electrons. The summed E-state index contributed by atoms with van der Waals surface area (Å²) in [5.74, 6) is 0.945. The fourth-order valence-corrected chi connectivity index (χ4v) is 5.15. The Morgan fingerprint density at radius 1 is 0.812 bits per heavy atom. The zero-order chi connectivity index (χ0) is 22.6. The second kappa shape index (κ2) is 7.83. The predicted molar refractivity (Wildman–Crippen MR) is 135 cm³/mol. The summed E-state index contributed by atoms with van der Waals surface area (Å²) in [5.41, 5.74) is 8.50. The Hall–Kier alpha value is -3.04. The Bertz CT molecular complexity index is 1300. The van der Waals surface area contributed by atoms with Crippen LogP contribution in [0, 0.1) is 6.92 Å². The molecule has 1 aliphatic rings. The van der Waals surface area contributed by atoms with Crippen molar-refractivity contribution in [1.82, 2.24) is 5.01 Å². The molecular formula is C29H32N2O. The molecule has 2 heterocycles. The van der Waals surface area contributed by atoms with E-state index in [0.717, 1.165) is 22.2 Å². The van der Waals surface area contributed by atoms with Gasteiger partial charge in [-0.1, -0.05) is 76.2 Å². The van der Waals surface area contributed by atoms with Crippen molar-refractivity contribution in [1.29, 1.82) is 0 Å². The topological polar surface area (TPSA) is 19.6 Å². The van der Waals surface area contributed by atoms with Gasteiger partial charge in [0.1, 0.15) is 11.3 Å². The monoisotopic (exact) mass is 424 g/mol. The molecule has 3 nitrogen and oxygen atoms in total. The molecule has 0 saturated carbocycles. The molecule has 0 bridgehead atoms. The van der Waals surface area contributed by atoms with Crippen LogP contribution in [0.3, 0.4) is 0 Å². The van der Waals surface area contributed by atoms with Crippen LogP contribution in [-0.2, 0) is 0 Å². The number of benzene rings is 3. The van der Waals surface area contributed by atoms with Gasteiger partial charge in [0.15, 0.2) is 5.58 Å². The highest BCUT2D eigenvalue weighted by molar-refractivity contribution is 6.09. The molecule has 1 unspecified atom stereocenters. The van der Waals surface area contributed by atoms with E-state index in [0.29, 0.717) is 11.8 Å². The van der Waals surface area contributed by atoms with Gasteiger partial charge in [-0.3, -0.25) is 5.01 Å². The molecule has 0 spiro atoms. The van der Waals surface area contributed by atoms with E-state index >= 15 is 0 Å². The lowest BCUT2D eigenvalue weighted by Gasteiger charge is -2.34. The average molecular weight is 425 g/mol. The summed E-state index contributed by atoms with van der Waals surface area (Å²) >= 11 is 0. The van der Waals surface area contributed by atoms with Crippen LogP contribution in [-0.4, -0.2) is 12.1 Å². The molecule has 1 atom stereocenters. The fourth-order valence-electron chi connectivity index (χ4n) is 5.15. The second-order valence-corrected chi connectivity index (χ2v) is 9.57. The largest absolute Gasteiger partial charge is 0.454 e. The van der Waals surface area contributed by atoms with Crippen molar-refractivity contribution in [3.05, 3.63) is 89.1 Å². The van der Waals surface area contributed by atoms with Crippen LogP contribution < -0.4 is 5.01 Å². The zero-order valence-corrected chi connectivity index (χ0v) is 19.9. The summed E-state index contributed by atoms with van der Waals surface area (Å²) in [6, 6.07) is 19.7. The molecule has 3 aromatic carbocycles. The van der Waals surface area contributed by atoms with Crippen molar-refractivity contribution in [3.8, 4) is 0 Å². The molecule has 4 aromatic rings. The van der Waals surface area contributed by atoms with E-state index in [1.54, 1.807) is 0 Å². The molecule has 0 fully saturated rings. The Labute approximate surface area is 190 Å². The molecule has 1 aromatic heterocycles. The first-order chi connectivity index (χ1) is 15.4. The van der Waals surface area contributed by atoms with Crippen molar-refractivity contribution >= 4 is 27.6 Å². The third-order valence-corrected chi connectivity index (χ3v) is 6.82. The van der Waals surface area contributed by atoms with Gasteiger partial charge in [0.25, 0.3) is 0 Å². The molecule has 0 aliphatic carbocycles. The van der Waals surface area contributed by atoms with Crippen molar-refractivity contribution in [2.75, 3.05) is 12.1 Å². The minimum atomic E-state index is 0.185. The predicted octanol–water partition coefficient (Wildman–Crippen LogP) is 8.06. The summed E-state index contributed by atoms with van der Waals surface area (Å²) in [5, 5.41) is 6.95. The van der Waals surface area contributed by atoms with Gasteiger partial charge in [-0.2, -0.15) is 0 Å². The van der Waals surface area contributed by atoms with Crippen LogP contribution in [0.1, 0.15) is 67.8 Å². The third kappa shape index (κ3) is 3.15. The van der Waals surface area contributed by atoms with Crippen molar-refractivity contribution in [3.63, 3.8) is 0 Å². The number of para-hydroxylation sites is 1. The highest BCUT2D eigenvalue weighted by atomic mass is 16.3. The first-order valence-electron chi connectivity index (χ1n) is 11.6. The van der Waals surface area contributed by atoms with Crippen LogP contribution >= 0.6 is 0 Å². The van der Waals surface area contributed by atoms with Crippen molar-refractivity contribution in [2.45, 2.75) is 52.5 Å². The minimum absolute atomic E-state index is 0.185. The van der Waals surface area contributed by atoms with Crippen molar-refractivity contribution < 1.29 is 4.42 Å². The first-order valence-corrected chi connectivity index (χ1v) is 11.6. The van der Waals surface area contributed by atoms with Gasteiger partial charge >= 0.3 is 0 Å². The van der Waals surface area contributed by atoms with Gasteiger partial charge in [0, 0.05) is 24.0 Å². The molecule has 0 N–H and O–H groups in total. The van der Waals surface area contributed by atoms with Gasteiger partial charge in [-0.05, 0) is 53.2 Å². The number of hydrogen-bond donors (Lipinski definition) is 0. The maximum Gasteiger partial charge on any atom is 0.160 e. The SMILES string of the molecule is Cc1ccc2c(oc3ccccc32)c1N1C=CC(c2c(C(C)C)cccc2C(C)C)N1C. The molecule has 1 aliphatic heterocycles. The van der Waals surface area contributed by atoms with E-state index in [-0.39, 0.29) is 6.04 Å². The van der Waals surface area contributed by atoms with Gasteiger partial charge in [-0.15, -0.1) is 0 Å². The van der Waals surface area contributed by atoms with Crippen LogP contribution in [0.15, 0.2) is 71.3 Å². The zero-order valence-electron chi connectivity index (χ0n) is 19.9. The number of rotatable bonds is 4. The van der Waals surface area contributed by atoms with E-state index in [1.165, 1.54) is 27.6 Å². The maximum atomic E-state index is 6.39. The Morgan fingerprint density at radius 2 is 1.50 bits per heavy atom. The summed E-state index contributed by atoms with van der Waals surface area (Å²) in [6.45, 7) is 11.3. The lowest BCUT2D eigenvalue weighted by molar-refractivity contribution is 0.307.